The van der Waals surface area contributed by atoms with Crippen LogP contribution in [0.2, 0.25) is 0 Å². The molecular formula is C18H16N4O5. The van der Waals surface area contributed by atoms with Gasteiger partial charge in [0, 0.05) is 23.5 Å². The second-order valence-corrected chi connectivity index (χ2v) is 5.33. The Bertz CT molecular complexity index is 909. The molecule has 2 aromatic heterocycles. The van der Waals surface area contributed by atoms with E-state index in [0.29, 0.717) is 22.7 Å². The Labute approximate surface area is 154 Å². The number of carbonyl (C=O) groups excluding carboxylic acids is 2. The molecule has 1 amide bonds. The van der Waals surface area contributed by atoms with Gasteiger partial charge in [-0.3, -0.25) is 14.6 Å². The second-order valence-electron chi connectivity index (χ2n) is 5.33. The van der Waals surface area contributed by atoms with Gasteiger partial charge in [0.25, 0.3) is 11.8 Å². The third-order valence-corrected chi connectivity index (χ3v) is 3.49. The number of nitrogens with one attached hydrogen (secondary N) is 1. The number of methoxy groups -OCH3 is 1. The normalized spacial score (nSPS) is 10.3. The number of amides is 1. The summed E-state index contributed by atoms with van der Waals surface area (Å²) in [4.78, 5) is 31.8. The van der Waals surface area contributed by atoms with E-state index >= 15 is 0 Å². The van der Waals surface area contributed by atoms with Gasteiger partial charge in [0.05, 0.1) is 7.11 Å². The predicted octanol–water partition coefficient (Wildman–Crippen LogP) is 1.61. The number of hydrogen-bond acceptors (Lipinski definition) is 8. The van der Waals surface area contributed by atoms with Gasteiger partial charge in [0.2, 0.25) is 5.82 Å². The largest absolute Gasteiger partial charge is 0.497 e. The molecule has 3 aromatic rings. The van der Waals surface area contributed by atoms with Crippen molar-refractivity contribution in [2.24, 2.45) is 0 Å². The van der Waals surface area contributed by atoms with Crippen molar-refractivity contribution in [3.8, 4) is 17.1 Å². The molecule has 3 rings (SSSR count). The SMILES string of the molecule is COc1ccc(C(=O)NCC(=O)OCc2nc(-c3cccnc3)no2)cc1. The molecule has 27 heavy (non-hydrogen) atoms. The number of ether oxygens (including phenoxy) is 2. The van der Waals surface area contributed by atoms with Gasteiger partial charge in [-0.2, -0.15) is 4.98 Å². The van der Waals surface area contributed by atoms with Crippen LogP contribution in [0.25, 0.3) is 11.4 Å². The minimum atomic E-state index is -0.627. The molecule has 0 unspecified atom stereocenters. The summed E-state index contributed by atoms with van der Waals surface area (Å²) in [6, 6.07) is 10.0. The molecule has 0 aliphatic rings. The van der Waals surface area contributed by atoms with Crippen LogP contribution < -0.4 is 10.1 Å². The molecule has 9 heteroatoms. The Morgan fingerprint density at radius 2 is 2.00 bits per heavy atom. The maximum Gasteiger partial charge on any atom is 0.325 e. The summed E-state index contributed by atoms with van der Waals surface area (Å²) in [6.45, 7) is -0.473. The topological polar surface area (TPSA) is 116 Å². The van der Waals surface area contributed by atoms with Crippen LogP contribution >= 0.6 is 0 Å². The molecule has 0 spiro atoms. The molecule has 0 radical (unpaired) electrons. The van der Waals surface area contributed by atoms with E-state index < -0.39 is 11.9 Å². The summed E-state index contributed by atoms with van der Waals surface area (Å²) < 4.78 is 15.1. The zero-order chi connectivity index (χ0) is 19.1. The van der Waals surface area contributed by atoms with Crippen molar-refractivity contribution >= 4 is 11.9 Å². The molecule has 0 saturated carbocycles. The molecule has 0 atom stereocenters. The molecular weight excluding hydrogens is 352 g/mol. The maximum atomic E-state index is 12.0. The summed E-state index contributed by atoms with van der Waals surface area (Å²) in [7, 11) is 1.54. The Balaban J connectivity index is 1.45. The number of hydrogen-bond donors (Lipinski definition) is 1. The molecule has 1 aromatic carbocycles. The zero-order valence-electron chi connectivity index (χ0n) is 14.4. The summed E-state index contributed by atoms with van der Waals surface area (Å²) >= 11 is 0. The van der Waals surface area contributed by atoms with Crippen LogP contribution in [-0.2, 0) is 16.1 Å². The van der Waals surface area contributed by atoms with Crippen LogP contribution in [0.1, 0.15) is 16.2 Å². The standard InChI is InChI=1S/C18H16N4O5/c1-25-14-6-4-12(5-7-14)18(24)20-10-16(23)26-11-15-21-17(22-27-15)13-3-2-8-19-9-13/h2-9H,10-11H2,1H3,(H,20,24). The lowest BCUT2D eigenvalue weighted by atomic mass is 10.2. The van der Waals surface area contributed by atoms with Gasteiger partial charge in [-0.15, -0.1) is 0 Å². The van der Waals surface area contributed by atoms with Crippen molar-refractivity contribution < 1.29 is 23.6 Å². The first-order chi connectivity index (χ1) is 13.2. The number of rotatable bonds is 7. The van der Waals surface area contributed by atoms with Gasteiger partial charge < -0.3 is 19.3 Å². The number of aromatic nitrogens is 3. The van der Waals surface area contributed by atoms with E-state index in [2.05, 4.69) is 20.4 Å². The van der Waals surface area contributed by atoms with Crippen LogP contribution in [-0.4, -0.2) is 40.7 Å². The molecule has 0 aliphatic carbocycles. The Morgan fingerprint density at radius 3 is 2.70 bits per heavy atom. The van der Waals surface area contributed by atoms with E-state index in [-0.39, 0.29) is 19.0 Å². The number of benzene rings is 1. The third-order valence-electron chi connectivity index (χ3n) is 3.49. The minimum Gasteiger partial charge on any atom is -0.497 e. The fourth-order valence-electron chi connectivity index (χ4n) is 2.12. The highest BCUT2D eigenvalue weighted by Gasteiger charge is 2.13. The van der Waals surface area contributed by atoms with Gasteiger partial charge in [-0.05, 0) is 36.4 Å². The van der Waals surface area contributed by atoms with Crippen molar-refractivity contribution in [3.63, 3.8) is 0 Å². The Hall–Kier alpha value is -3.75. The molecule has 9 nitrogen and oxygen atoms in total. The first-order valence-corrected chi connectivity index (χ1v) is 7.96. The van der Waals surface area contributed by atoms with Gasteiger partial charge in [-0.25, -0.2) is 0 Å². The average Bonchev–Trinajstić information content (AvgIpc) is 3.20. The summed E-state index contributed by atoms with van der Waals surface area (Å²) in [5, 5.41) is 6.27. The highest BCUT2D eigenvalue weighted by molar-refractivity contribution is 5.96. The highest BCUT2D eigenvalue weighted by atomic mass is 16.6. The summed E-state index contributed by atoms with van der Waals surface area (Å²) in [6.07, 6.45) is 3.22. The van der Waals surface area contributed by atoms with Crippen LogP contribution in [0.15, 0.2) is 53.3 Å². The minimum absolute atomic E-state index is 0.142. The van der Waals surface area contributed by atoms with Gasteiger partial charge >= 0.3 is 5.97 Å². The first kappa shape index (κ1) is 18.1. The molecule has 0 aliphatic heterocycles. The van der Waals surface area contributed by atoms with Crippen LogP contribution in [0.3, 0.4) is 0 Å². The number of carbonyl (C=O) groups is 2. The molecule has 0 saturated heterocycles. The predicted molar refractivity (Wildman–Crippen MR) is 92.7 cm³/mol. The van der Waals surface area contributed by atoms with Crippen LogP contribution in [0.4, 0.5) is 0 Å². The van der Waals surface area contributed by atoms with Gasteiger partial charge in [-0.1, -0.05) is 5.16 Å². The van der Waals surface area contributed by atoms with Crippen molar-refractivity contribution in [1.82, 2.24) is 20.4 Å². The van der Waals surface area contributed by atoms with Crippen molar-refractivity contribution in [1.29, 1.82) is 0 Å². The molecule has 0 bridgehead atoms. The number of pyridine rings is 1. The van der Waals surface area contributed by atoms with E-state index in [4.69, 9.17) is 14.0 Å². The van der Waals surface area contributed by atoms with E-state index in [1.54, 1.807) is 48.8 Å². The Morgan fingerprint density at radius 1 is 1.19 bits per heavy atom. The monoisotopic (exact) mass is 368 g/mol. The van der Waals surface area contributed by atoms with E-state index in [0.717, 1.165) is 0 Å². The quantitative estimate of drug-likeness (QED) is 0.625. The smallest absolute Gasteiger partial charge is 0.325 e. The third kappa shape index (κ3) is 4.88. The lowest BCUT2D eigenvalue weighted by molar-refractivity contribution is -0.144. The summed E-state index contributed by atoms with van der Waals surface area (Å²) in [5.74, 6) is 0.103. The molecule has 138 valence electrons. The van der Waals surface area contributed by atoms with E-state index in [1.165, 1.54) is 7.11 Å². The lowest BCUT2D eigenvalue weighted by Gasteiger charge is -2.06. The fourth-order valence-corrected chi connectivity index (χ4v) is 2.12. The average molecular weight is 368 g/mol. The molecule has 0 fully saturated rings. The maximum absolute atomic E-state index is 12.0. The van der Waals surface area contributed by atoms with Crippen molar-refractivity contribution in [3.05, 3.63) is 60.2 Å². The highest BCUT2D eigenvalue weighted by Crippen LogP contribution is 2.14. The van der Waals surface area contributed by atoms with Crippen LogP contribution in [0.5, 0.6) is 5.75 Å². The molecule has 1 N–H and O–H groups in total. The zero-order valence-corrected chi connectivity index (χ0v) is 14.4. The fraction of sp³-hybridized carbons (Fsp3) is 0.167. The molecule has 2 heterocycles. The van der Waals surface area contributed by atoms with Gasteiger partial charge in [0.15, 0.2) is 6.61 Å². The van der Waals surface area contributed by atoms with E-state index in [1.807, 2.05) is 0 Å². The number of esters is 1. The van der Waals surface area contributed by atoms with Crippen molar-refractivity contribution in [2.75, 3.05) is 13.7 Å². The lowest BCUT2D eigenvalue weighted by Crippen LogP contribution is -2.30. The van der Waals surface area contributed by atoms with E-state index in [9.17, 15) is 9.59 Å². The van der Waals surface area contributed by atoms with Crippen LogP contribution in [0, 0.1) is 0 Å². The second kappa shape index (κ2) is 8.56. The summed E-state index contributed by atoms with van der Waals surface area (Å²) in [5.41, 5.74) is 1.09. The Kier molecular flexibility index (Phi) is 5.73. The van der Waals surface area contributed by atoms with Gasteiger partial charge in [0.1, 0.15) is 12.3 Å². The van der Waals surface area contributed by atoms with Crippen molar-refractivity contribution in [2.45, 2.75) is 6.61 Å². The first-order valence-electron chi connectivity index (χ1n) is 7.96. The number of nitrogens with zero attached hydrogens (tertiary/aromatic N) is 3.